The summed E-state index contributed by atoms with van der Waals surface area (Å²) in [5.41, 5.74) is 0.0366. The van der Waals surface area contributed by atoms with Crippen LogP contribution in [0, 0.1) is 6.92 Å². The standard InChI is InChI=1S/C12H9F3N2O2/c1-7-2-3-8(11(18)19)4-10(7)17-6-9(5-16-17)12(13,14)15/h2-6H,1H3,(H,18,19). The summed E-state index contributed by atoms with van der Waals surface area (Å²) in [5.74, 6) is -1.15. The molecule has 0 bridgehead atoms. The number of carboxylic acids is 1. The molecule has 4 nitrogen and oxygen atoms in total. The minimum Gasteiger partial charge on any atom is -0.478 e. The van der Waals surface area contributed by atoms with E-state index in [1.165, 1.54) is 18.2 Å². The number of aromatic carboxylic acids is 1. The molecule has 100 valence electrons. The van der Waals surface area contributed by atoms with Crippen molar-refractivity contribution in [2.24, 2.45) is 0 Å². The van der Waals surface area contributed by atoms with Gasteiger partial charge in [-0.1, -0.05) is 6.07 Å². The summed E-state index contributed by atoms with van der Waals surface area (Å²) in [6, 6.07) is 4.19. The van der Waals surface area contributed by atoms with Crippen molar-refractivity contribution < 1.29 is 23.1 Å². The molecule has 19 heavy (non-hydrogen) atoms. The van der Waals surface area contributed by atoms with Gasteiger partial charge < -0.3 is 5.11 Å². The van der Waals surface area contributed by atoms with E-state index in [2.05, 4.69) is 5.10 Å². The molecule has 0 saturated heterocycles. The lowest BCUT2D eigenvalue weighted by Gasteiger charge is -2.07. The largest absolute Gasteiger partial charge is 0.478 e. The van der Waals surface area contributed by atoms with Gasteiger partial charge in [0.2, 0.25) is 0 Å². The zero-order valence-electron chi connectivity index (χ0n) is 9.77. The Morgan fingerprint density at radius 2 is 2.05 bits per heavy atom. The molecule has 0 aliphatic rings. The topological polar surface area (TPSA) is 55.1 Å². The van der Waals surface area contributed by atoms with E-state index in [0.29, 0.717) is 17.4 Å². The Balaban J connectivity index is 2.49. The molecule has 1 aromatic carbocycles. The Labute approximate surface area is 106 Å². The van der Waals surface area contributed by atoms with E-state index in [1.807, 2.05) is 0 Å². The fourth-order valence-corrected chi connectivity index (χ4v) is 1.59. The number of benzene rings is 1. The van der Waals surface area contributed by atoms with Crippen LogP contribution < -0.4 is 0 Å². The van der Waals surface area contributed by atoms with Crippen LogP contribution in [0.3, 0.4) is 0 Å². The van der Waals surface area contributed by atoms with Gasteiger partial charge in [-0.05, 0) is 24.6 Å². The second kappa shape index (κ2) is 4.42. The van der Waals surface area contributed by atoms with E-state index < -0.39 is 17.7 Å². The van der Waals surface area contributed by atoms with Crippen LogP contribution in [0.25, 0.3) is 5.69 Å². The van der Waals surface area contributed by atoms with Crippen molar-refractivity contribution in [3.8, 4) is 5.69 Å². The molecule has 1 N–H and O–H groups in total. The number of halogens is 3. The van der Waals surface area contributed by atoms with Crippen molar-refractivity contribution in [1.82, 2.24) is 9.78 Å². The molecule has 1 aromatic heterocycles. The van der Waals surface area contributed by atoms with Crippen LogP contribution in [0.1, 0.15) is 21.5 Å². The van der Waals surface area contributed by atoms with Gasteiger partial charge in [0.05, 0.1) is 23.0 Å². The number of aryl methyl sites for hydroxylation is 1. The van der Waals surface area contributed by atoms with E-state index in [0.717, 1.165) is 10.9 Å². The van der Waals surface area contributed by atoms with E-state index in [-0.39, 0.29) is 5.56 Å². The molecule has 0 fully saturated rings. The van der Waals surface area contributed by atoms with Gasteiger partial charge in [0.25, 0.3) is 0 Å². The Hall–Kier alpha value is -2.31. The number of rotatable bonds is 2. The van der Waals surface area contributed by atoms with Gasteiger partial charge in [0.1, 0.15) is 0 Å². The molecule has 0 spiro atoms. The van der Waals surface area contributed by atoms with Crippen molar-refractivity contribution >= 4 is 5.97 Å². The van der Waals surface area contributed by atoms with E-state index in [1.54, 1.807) is 6.92 Å². The first-order valence-corrected chi connectivity index (χ1v) is 5.25. The molecule has 0 aliphatic carbocycles. The minimum absolute atomic E-state index is 0.00958. The van der Waals surface area contributed by atoms with Crippen LogP contribution in [-0.4, -0.2) is 20.9 Å². The van der Waals surface area contributed by atoms with Crippen LogP contribution in [0.15, 0.2) is 30.6 Å². The number of alkyl halides is 3. The molecule has 2 rings (SSSR count). The van der Waals surface area contributed by atoms with Crippen molar-refractivity contribution in [3.63, 3.8) is 0 Å². The second-order valence-corrected chi connectivity index (χ2v) is 3.98. The molecule has 0 radical (unpaired) electrons. The number of nitrogens with zero attached hydrogens (tertiary/aromatic N) is 2. The van der Waals surface area contributed by atoms with Gasteiger partial charge in [-0.3, -0.25) is 0 Å². The zero-order valence-corrected chi connectivity index (χ0v) is 9.77. The third-order valence-corrected chi connectivity index (χ3v) is 2.61. The Bertz CT molecular complexity index is 632. The van der Waals surface area contributed by atoms with Gasteiger partial charge in [0.15, 0.2) is 0 Å². The summed E-state index contributed by atoms with van der Waals surface area (Å²) < 4.78 is 38.5. The fraction of sp³-hybridized carbons (Fsp3) is 0.167. The van der Waals surface area contributed by atoms with Crippen molar-refractivity contribution in [2.45, 2.75) is 13.1 Å². The summed E-state index contributed by atoms with van der Waals surface area (Å²) in [5, 5.41) is 12.5. The van der Waals surface area contributed by atoms with Crippen molar-refractivity contribution in [3.05, 3.63) is 47.3 Å². The maximum atomic E-state index is 12.5. The minimum atomic E-state index is -4.48. The van der Waals surface area contributed by atoms with E-state index >= 15 is 0 Å². The van der Waals surface area contributed by atoms with Gasteiger partial charge in [-0.2, -0.15) is 18.3 Å². The molecule has 1 heterocycles. The third kappa shape index (κ3) is 2.59. The number of aromatic nitrogens is 2. The molecule has 0 saturated carbocycles. The average molecular weight is 270 g/mol. The lowest BCUT2D eigenvalue weighted by Crippen LogP contribution is -2.04. The third-order valence-electron chi connectivity index (χ3n) is 2.61. The number of hydrogen-bond acceptors (Lipinski definition) is 2. The van der Waals surface area contributed by atoms with Crippen LogP contribution in [0.4, 0.5) is 13.2 Å². The predicted molar refractivity (Wildman–Crippen MR) is 60.3 cm³/mol. The first-order chi connectivity index (χ1) is 8.79. The summed E-state index contributed by atoms with van der Waals surface area (Å²) >= 11 is 0. The van der Waals surface area contributed by atoms with Crippen LogP contribution in [0.2, 0.25) is 0 Å². The van der Waals surface area contributed by atoms with Crippen LogP contribution in [-0.2, 0) is 6.18 Å². The summed E-state index contributed by atoms with van der Waals surface area (Å²) in [4.78, 5) is 10.9. The first-order valence-electron chi connectivity index (χ1n) is 5.25. The Kier molecular flexibility index (Phi) is 3.05. The monoisotopic (exact) mass is 270 g/mol. The van der Waals surface area contributed by atoms with E-state index in [4.69, 9.17) is 5.11 Å². The first kappa shape index (κ1) is 13.1. The van der Waals surface area contributed by atoms with Crippen molar-refractivity contribution in [2.75, 3.05) is 0 Å². The molecular weight excluding hydrogens is 261 g/mol. The highest BCUT2D eigenvalue weighted by Crippen LogP contribution is 2.29. The summed E-state index contributed by atoms with van der Waals surface area (Å²) in [6.07, 6.45) is -2.95. The van der Waals surface area contributed by atoms with Gasteiger partial charge >= 0.3 is 12.1 Å². The second-order valence-electron chi connectivity index (χ2n) is 3.98. The summed E-state index contributed by atoms with van der Waals surface area (Å²) in [7, 11) is 0. The highest BCUT2D eigenvalue weighted by atomic mass is 19.4. The maximum absolute atomic E-state index is 12.5. The molecule has 0 unspecified atom stereocenters. The predicted octanol–water partition coefficient (Wildman–Crippen LogP) is 2.90. The van der Waals surface area contributed by atoms with Crippen LogP contribution in [0.5, 0.6) is 0 Å². The Morgan fingerprint density at radius 3 is 2.58 bits per heavy atom. The Morgan fingerprint density at radius 1 is 1.37 bits per heavy atom. The number of hydrogen-bond donors (Lipinski definition) is 1. The van der Waals surface area contributed by atoms with Crippen molar-refractivity contribution in [1.29, 1.82) is 0 Å². The molecule has 0 atom stereocenters. The summed E-state index contributed by atoms with van der Waals surface area (Å²) in [6.45, 7) is 1.66. The lowest BCUT2D eigenvalue weighted by atomic mass is 10.1. The molecule has 0 amide bonds. The molecular formula is C12H9F3N2O2. The van der Waals surface area contributed by atoms with E-state index in [9.17, 15) is 18.0 Å². The zero-order chi connectivity index (χ0) is 14.2. The SMILES string of the molecule is Cc1ccc(C(=O)O)cc1-n1cc(C(F)(F)F)cn1. The fourth-order valence-electron chi connectivity index (χ4n) is 1.59. The average Bonchev–Trinajstić information content (AvgIpc) is 2.78. The van der Waals surface area contributed by atoms with Gasteiger partial charge in [-0.15, -0.1) is 0 Å². The lowest BCUT2D eigenvalue weighted by molar-refractivity contribution is -0.137. The number of carbonyl (C=O) groups is 1. The number of carboxylic acid groups (broad SMARTS) is 1. The molecule has 7 heteroatoms. The van der Waals surface area contributed by atoms with Gasteiger partial charge in [0, 0.05) is 6.20 Å². The molecule has 0 aliphatic heterocycles. The normalized spacial score (nSPS) is 11.6. The maximum Gasteiger partial charge on any atom is 0.419 e. The highest BCUT2D eigenvalue weighted by Gasteiger charge is 2.32. The molecule has 2 aromatic rings. The smallest absolute Gasteiger partial charge is 0.419 e. The quantitative estimate of drug-likeness (QED) is 0.912. The highest BCUT2D eigenvalue weighted by molar-refractivity contribution is 5.88. The van der Waals surface area contributed by atoms with Crippen LogP contribution >= 0.6 is 0 Å². The van der Waals surface area contributed by atoms with Gasteiger partial charge in [-0.25, -0.2) is 9.48 Å².